The number of amides is 3. The van der Waals surface area contributed by atoms with Crippen LogP contribution in [0.3, 0.4) is 0 Å². The van der Waals surface area contributed by atoms with Crippen molar-refractivity contribution in [1.29, 1.82) is 0 Å². The van der Waals surface area contributed by atoms with E-state index < -0.39 is 5.79 Å². The van der Waals surface area contributed by atoms with Crippen LogP contribution in [0.25, 0.3) is 0 Å². The fraction of sp³-hybridized carbons (Fsp3) is 0.364. The molecule has 0 bridgehead atoms. The van der Waals surface area contributed by atoms with Crippen molar-refractivity contribution in [2.45, 2.75) is 18.9 Å². The number of rotatable bonds is 0. The molecule has 3 heterocycles. The first-order valence-corrected chi connectivity index (χ1v) is 6.08. The Bertz CT molecular complexity index is 589. The first-order chi connectivity index (χ1) is 9.80. The molecule has 0 aromatic heterocycles. The van der Waals surface area contributed by atoms with Gasteiger partial charge in [-0.05, 0) is 13.0 Å². The topological polar surface area (TPSA) is 151 Å². The Labute approximate surface area is 120 Å². The van der Waals surface area contributed by atoms with Crippen LogP contribution in [0.1, 0.15) is 6.92 Å². The van der Waals surface area contributed by atoms with Crippen molar-refractivity contribution in [2.24, 2.45) is 26.4 Å². The molecule has 3 amide bonds. The quantitative estimate of drug-likeness (QED) is 0.411. The highest BCUT2D eigenvalue weighted by Gasteiger charge is 2.33. The molecule has 3 aliphatic rings. The highest BCUT2D eigenvalue weighted by atomic mass is 16.2. The molecule has 112 valence electrons. The first kappa shape index (κ1) is 14.8. The van der Waals surface area contributed by atoms with E-state index in [-0.39, 0.29) is 23.8 Å². The molecule has 6 N–H and O–H groups in total. The summed E-state index contributed by atoms with van der Waals surface area (Å²) in [5.41, 5.74) is 11.3. The van der Waals surface area contributed by atoms with Gasteiger partial charge in [-0.2, -0.15) is 0 Å². The first-order valence-electron chi connectivity index (χ1n) is 6.08. The van der Waals surface area contributed by atoms with Gasteiger partial charge < -0.3 is 21.3 Å². The summed E-state index contributed by atoms with van der Waals surface area (Å²) >= 11 is 0. The van der Waals surface area contributed by atoms with Crippen molar-refractivity contribution >= 4 is 29.8 Å². The molecule has 0 fully saturated rings. The summed E-state index contributed by atoms with van der Waals surface area (Å²) in [4.78, 5) is 34.8. The van der Waals surface area contributed by atoms with E-state index in [9.17, 15) is 9.59 Å². The normalized spacial score (nSPS) is 29.7. The van der Waals surface area contributed by atoms with Crippen LogP contribution in [0, 0.1) is 0 Å². The van der Waals surface area contributed by atoms with E-state index in [4.69, 9.17) is 11.5 Å². The highest BCUT2D eigenvalue weighted by Crippen LogP contribution is 2.08. The monoisotopic (exact) mass is 292 g/mol. The Hall–Kier alpha value is -2.59. The summed E-state index contributed by atoms with van der Waals surface area (Å²) in [6, 6.07) is -0.162. The van der Waals surface area contributed by atoms with Crippen LogP contribution in [-0.4, -0.2) is 53.7 Å². The Kier molecular flexibility index (Phi) is 3.82. The van der Waals surface area contributed by atoms with Gasteiger partial charge in [-0.15, -0.1) is 0 Å². The fourth-order valence-electron chi connectivity index (χ4n) is 1.62. The maximum Gasteiger partial charge on any atom is 0.322 e. The molecule has 10 nitrogen and oxygen atoms in total. The summed E-state index contributed by atoms with van der Waals surface area (Å²) in [5, 5.41) is 4.96. The lowest BCUT2D eigenvalue weighted by atomic mass is 10.2. The SMILES string of the molecule is CC1(N)N=C2N=CN=C2C(=O)N1.CN1C(=O)NC=CC1N. The molecule has 10 heteroatoms. The minimum atomic E-state index is -1.06. The van der Waals surface area contributed by atoms with E-state index in [0.29, 0.717) is 5.84 Å². The van der Waals surface area contributed by atoms with Crippen LogP contribution in [0.5, 0.6) is 0 Å². The van der Waals surface area contributed by atoms with E-state index in [0.717, 1.165) is 0 Å². The van der Waals surface area contributed by atoms with E-state index >= 15 is 0 Å². The van der Waals surface area contributed by atoms with Gasteiger partial charge in [0.05, 0.1) is 0 Å². The molecular formula is C11H16N8O2. The summed E-state index contributed by atoms with van der Waals surface area (Å²) in [5.74, 6) is -1.08. The number of fused-ring (bicyclic) bond motifs is 1. The van der Waals surface area contributed by atoms with Gasteiger partial charge in [0.1, 0.15) is 12.5 Å². The molecular weight excluding hydrogens is 276 g/mol. The van der Waals surface area contributed by atoms with Crippen LogP contribution in [0.2, 0.25) is 0 Å². The Morgan fingerprint density at radius 2 is 2.14 bits per heavy atom. The van der Waals surface area contributed by atoms with Crippen molar-refractivity contribution in [1.82, 2.24) is 15.5 Å². The number of carbonyl (C=O) groups excluding carboxylic acids is 2. The molecule has 0 aliphatic carbocycles. The molecule has 3 rings (SSSR count). The lowest BCUT2D eigenvalue weighted by Crippen LogP contribution is -2.58. The summed E-state index contributed by atoms with van der Waals surface area (Å²) in [6.45, 7) is 1.59. The van der Waals surface area contributed by atoms with Crippen LogP contribution in [0.15, 0.2) is 27.3 Å². The molecule has 0 spiro atoms. The second-order valence-corrected chi connectivity index (χ2v) is 4.67. The Balaban J connectivity index is 0.000000161. The molecule has 0 saturated carbocycles. The van der Waals surface area contributed by atoms with Gasteiger partial charge in [-0.3, -0.25) is 10.5 Å². The molecule has 2 unspecified atom stereocenters. The van der Waals surface area contributed by atoms with E-state index in [1.165, 1.54) is 11.2 Å². The van der Waals surface area contributed by atoms with Gasteiger partial charge in [0.25, 0.3) is 5.91 Å². The average molecular weight is 292 g/mol. The summed E-state index contributed by atoms with van der Waals surface area (Å²) in [7, 11) is 1.64. The van der Waals surface area contributed by atoms with E-state index in [1.54, 1.807) is 26.2 Å². The number of nitrogens with two attached hydrogens (primary N) is 2. The van der Waals surface area contributed by atoms with Crippen molar-refractivity contribution in [3.05, 3.63) is 12.3 Å². The zero-order valence-corrected chi connectivity index (χ0v) is 11.6. The minimum Gasteiger partial charge on any atom is -0.315 e. The van der Waals surface area contributed by atoms with Crippen LogP contribution in [0.4, 0.5) is 4.79 Å². The molecule has 3 aliphatic heterocycles. The van der Waals surface area contributed by atoms with Gasteiger partial charge in [0.15, 0.2) is 17.3 Å². The number of aliphatic imine (C=N–C) groups is 3. The Morgan fingerprint density at radius 1 is 1.43 bits per heavy atom. The number of nitrogens with one attached hydrogen (secondary N) is 2. The second kappa shape index (κ2) is 5.42. The number of nitrogens with zero attached hydrogens (tertiary/aromatic N) is 4. The maximum atomic E-state index is 11.2. The number of amidine groups is 1. The van der Waals surface area contributed by atoms with Crippen LogP contribution < -0.4 is 22.1 Å². The van der Waals surface area contributed by atoms with Gasteiger partial charge in [-0.1, -0.05) is 0 Å². The average Bonchev–Trinajstić information content (AvgIpc) is 2.83. The highest BCUT2D eigenvalue weighted by molar-refractivity contribution is 6.69. The molecule has 21 heavy (non-hydrogen) atoms. The number of urea groups is 1. The van der Waals surface area contributed by atoms with Crippen molar-refractivity contribution < 1.29 is 9.59 Å². The lowest BCUT2D eigenvalue weighted by Gasteiger charge is -2.25. The van der Waals surface area contributed by atoms with E-state index in [2.05, 4.69) is 25.6 Å². The predicted octanol–water partition coefficient (Wildman–Crippen LogP) is -1.93. The van der Waals surface area contributed by atoms with Gasteiger partial charge in [-0.25, -0.2) is 19.8 Å². The largest absolute Gasteiger partial charge is 0.322 e. The second-order valence-electron chi connectivity index (χ2n) is 4.67. The third-order valence-corrected chi connectivity index (χ3v) is 2.77. The molecule has 0 aromatic rings. The van der Waals surface area contributed by atoms with Crippen LogP contribution >= 0.6 is 0 Å². The van der Waals surface area contributed by atoms with Crippen molar-refractivity contribution in [2.75, 3.05) is 7.05 Å². The molecule has 2 atom stereocenters. The standard InChI is InChI=1S/C6H7N5O.C5H9N3O/c1-6(7)10-4-3(5(12)11-6)8-2-9-4;1-8-4(6)2-3-7-5(8)9/h2H,7H2,1H3,(H,11,12);2-4H,6H2,1H3,(H,7,9). The third-order valence-electron chi connectivity index (χ3n) is 2.77. The van der Waals surface area contributed by atoms with Crippen molar-refractivity contribution in [3.8, 4) is 0 Å². The number of carbonyl (C=O) groups is 2. The van der Waals surface area contributed by atoms with Crippen LogP contribution in [-0.2, 0) is 4.79 Å². The fourth-order valence-corrected chi connectivity index (χ4v) is 1.62. The maximum absolute atomic E-state index is 11.2. The zero-order chi connectivity index (χ0) is 15.6. The molecule has 0 saturated heterocycles. The lowest BCUT2D eigenvalue weighted by molar-refractivity contribution is -0.116. The van der Waals surface area contributed by atoms with Gasteiger partial charge in [0.2, 0.25) is 0 Å². The minimum absolute atomic E-state index is 0.162. The number of hydrogen-bond acceptors (Lipinski definition) is 7. The molecule has 0 aromatic carbocycles. The number of hydrogen-bond donors (Lipinski definition) is 4. The Morgan fingerprint density at radius 3 is 2.76 bits per heavy atom. The van der Waals surface area contributed by atoms with Crippen molar-refractivity contribution in [3.63, 3.8) is 0 Å². The number of likely N-dealkylation sites (N-methyl/N-ethyl adjacent to an activating group) is 1. The summed E-state index contributed by atoms with van der Waals surface area (Å²) < 4.78 is 0. The molecule has 0 radical (unpaired) electrons. The predicted molar refractivity (Wildman–Crippen MR) is 77.5 cm³/mol. The van der Waals surface area contributed by atoms with Gasteiger partial charge >= 0.3 is 6.03 Å². The third kappa shape index (κ3) is 3.30. The van der Waals surface area contributed by atoms with Gasteiger partial charge in [0, 0.05) is 13.2 Å². The zero-order valence-electron chi connectivity index (χ0n) is 11.6. The summed E-state index contributed by atoms with van der Waals surface area (Å²) in [6.07, 6.45) is 4.27. The van der Waals surface area contributed by atoms with E-state index in [1.807, 2.05) is 0 Å². The smallest absolute Gasteiger partial charge is 0.315 e.